The molecule has 1 aliphatic heterocycles. The van der Waals surface area contributed by atoms with E-state index in [4.69, 9.17) is 0 Å². The molecule has 1 aliphatic rings. The molecule has 1 aromatic carbocycles. The summed E-state index contributed by atoms with van der Waals surface area (Å²) >= 11 is 0. The molecule has 23 heavy (non-hydrogen) atoms. The molecule has 2 aromatic rings. The average Bonchev–Trinajstić information content (AvgIpc) is 2.56. The van der Waals surface area contributed by atoms with Crippen LogP contribution in [0.2, 0.25) is 0 Å². The summed E-state index contributed by atoms with van der Waals surface area (Å²) in [6.07, 6.45) is 6.49. The number of likely N-dealkylation sites (tertiary alicyclic amines) is 1. The molecule has 0 bridgehead atoms. The predicted octanol–water partition coefficient (Wildman–Crippen LogP) is 3.58. The average molecular weight is 309 g/mol. The molecule has 0 N–H and O–H groups in total. The molecule has 3 heteroatoms. The Morgan fingerprint density at radius 2 is 1.91 bits per heavy atom. The van der Waals surface area contributed by atoms with Gasteiger partial charge < -0.3 is 4.90 Å². The van der Waals surface area contributed by atoms with E-state index in [-0.39, 0.29) is 0 Å². The number of rotatable bonds is 4. The zero-order chi connectivity index (χ0) is 16.2. The number of nitrogens with zero attached hydrogens (tertiary/aromatic N) is 3. The summed E-state index contributed by atoms with van der Waals surface area (Å²) in [6, 6.07) is 11.6. The molecule has 0 atom stereocenters. The maximum absolute atomic E-state index is 4.47. The van der Waals surface area contributed by atoms with Crippen LogP contribution in [0.4, 0.5) is 0 Å². The molecule has 0 aliphatic carbocycles. The number of hydrogen-bond donors (Lipinski definition) is 0. The summed E-state index contributed by atoms with van der Waals surface area (Å²) in [6.45, 7) is 5.52. The van der Waals surface area contributed by atoms with Crippen molar-refractivity contribution in [3.63, 3.8) is 0 Å². The Balaban J connectivity index is 1.70. The van der Waals surface area contributed by atoms with E-state index >= 15 is 0 Å². The number of pyridine rings is 1. The summed E-state index contributed by atoms with van der Waals surface area (Å²) in [5.74, 6) is 0. The summed E-state index contributed by atoms with van der Waals surface area (Å²) in [5.41, 5.74) is 5.05. The zero-order valence-electron chi connectivity index (χ0n) is 14.5. The van der Waals surface area contributed by atoms with E-state index in [0.29, 0.717) is 6.04 Å². The van der Waals surface area contributed by atoms with Crippen LogP contribution in [0.25, 0.3) is 11.1 Å². The molecule has 0 radical (unpaired) electrons. The molecule has 1 fully saturated rings. The molecule has 1 aromatic heterocycles. The molecular formula is C20H27N3. The zero-order valence-corrected chi connectivity index (χ0v) is 14.5. The Morgan fingerprint density at radius 3 is 2.65 bits per heavy atom. The molecule has 0 spiro atoms. The fraction of sp³-hybridized carbons (Fsp3) is 0.450. The summed E-state index contributed by atoms with van der Waals surface area (Å²) in [7, 11) is 4.46. The number of aromatic nitrogens is 1. The summed E-state index contributed by atoms with van der Waals surface area (Å²) in [5, 5.41) is 0. The van der Waals surface area contributed by atoms with Gasteiger partial charge in [-0.2, -0.15) is 0 Å². The molecule has 122 valence electrons. The van der Waals surface area contributed by atoms with Crippen molar-refractivity contribution in [2.75, 3.05) is 27.2 Å². The normalized spacial score (nSPS) is 16.9. The van der Waals surface area contributed by atoms with E-state index in [1.165, 1.54) is 48.2 Å². The fourth-order valence-electron chi connectivity index (χ4n) is 3.41. The quantitative estimate of drug-likeness (QED) is 0.860. The molecule has 3 rings (SSSR count). The highest BCUT2D eigenvalue weighted by Gasteiger charge is 2.20. The van der Waals surface area contributed by atoms with Gasteiger partial charge in [-0.1, -0.05) is 29.8 Å². The van der Waals surface area contributed by atoms with Crippen LogP contribution in [0.1, 0.15) is 24.0 Å². The fourth-order valence-corrected chi connectivity index (χ4v) is 3.41. The van der Waals surface area contributed by atoms with Gasteiger partial charge in [-0.15, -0.1) is 0 Å². The van der Waals surface area contributed by atoms with E-state index in [9.17, 15) is 0 Å². The highest BCUT2D eigenvalue weighted by atomic mass is 15.2. The van der Waals surface area contributed by atoms with Gasteiger partial charge in [-0.25, -0.2) is 0 Å². The second-order valence-electron chi connectivity index (χ2n) is 6.90. The van der Waals surface area contributed by atoms with E-state index in [0.717, 1.165) is 6.54 Å². The minimum atomic E-state index is 0.689. The second kappa shape index (κ2) is 7.24. The van der Waals surface area contributed by atoms with Crippen molar-refractivity contribution in [2.45, 2.75) is 32.4 Å². The number of benzene rings is 1. The lowest BCUT2D eigenvalue weighted by molar-refractivity contribution is 0.139. The van der Waals surface area contributed by atoms with Crippen molar-refractivity contribution in [3.8, 4) is 11.1 Å². The third-order valence-corrected chi connectivity index (χ3v) is 4.89. The maximum Gasteiger partial charge on any atom is 0.0346 e. The highest BCUT2D eigenvalue weighted by molar-refractivity contribution is 5.63. The molecule has 0 unspecified atom stereocenters. The second-order valence-corrected chi connectivity index (χ2v) is 6.90. The van der Waals surface area contributed by atoms with Crippen molar-refractivity contribution < 1.29 is 0 Å². The Kier molecular flexibility index (Phi) is 5.09. The van der Waals surface area contributed by atoms with E-state index in [1.54, 1.807) is 0 Å². The van der Waals surface area contributed by atoms with Gasteiger partial charge in [-0.3, -0.25) is 9.88 Å². The first-order valence-corrected chi connectivity index (χ1v) is 8.51. The first-order valence-electron chi connectivity index (χ1n) is 8.51. The first kappa shape index (κ1) is 16.2. The van der Waals surface area contributed by atoms with Crippen LogP contribution in [-0.2, 0) is 6.54 Å². The largest absolute Gasteiger partial charge is 0.306 e. The van der Waals surface area contributed by atoms with Gasteiger partial charge >= 0.3 is 0 Å². The third-order valence-electron chi connectivity index (χ3n) is 4.89. The maximum atomic E-state index is 4.47. The molecule has 0 amide bonds. The van der Waals surface area contributed by atoms with Crippen LogP contribution in [0.15, 0.2) is 42.7 Å². The third kappa shape index (κ3) is 4.18. The van der Waals surface area contributed by atoms with Crippen molar-refractivity contribution in [3.05, 3.63) is 53.9 Å². The molecular weight excluding hydrogens is 282 g/mol. The van der Waals surface area contributed by atoms with Gasteiger partial charge in [0.05, 0.1) is 0 Å². The summed E-state index contributed by atoms with van der Waals surface area (Å²) in [4.78, 5) is 9.38. The lowest BCUT2D eigenvalue weighted by Gasteiger charge is -2.35. The van der Waals surface area contributed by atoms with Crippen LogP contribution < -0.4 is 0 Å². The first-order chi connectivity index (χ1) is 11.1. The van der Waals surface area contributed by atoms with Gasteiger partial charge in [0.25, 0.3) is 0 Å². The lowest BCUT2D eigenvalue weighted by Crippen LogP contribution is -2.41. The van der Waals surface area contributed by atoms with E-state index in [2.05, 4.69) is 66.1 Å². The van der Waals surface area contributed by atoms with Crippen LogP contribution in [-0.4, -0.2) is 48.0 Å². The molecule has 2 heterocycles. The van der Waals surface area contributed by atoms with Crippen LogP contribution in [0.3, 0.4) is 0 Å². The predicted molar refractivity (Wildman–Crippen MR) is 96.4 cm³/mol. The van der Waals surface area contributed by atoms with Crippen molar-refractivity contribution in [2.24, 2.45) is 0 Å². The topological polar surface area (TPSA) is 19.4 Å². The Bertz CT molecular complexity index is 645. The van der Waals surface area contributed by atoms with Crippen molar-refractivity contribution in [1.82, 2.24) is 14.8 Å². The molecule has 1 saturated heterocycles. The minimum absolute atomic E-state index is 0.689. The standard InChI is InChI=1S/C20H27N3/c1-16-5-4-6-18(11-16)19-12-17(13-21-14-19)15-23(3)20-7-9-22(2)10-8-20/h4-6,11-14,20H,7-10,15H2,1-3H3. The van der Waals surface area contributed by atoms with E-state index < -0.39 is 0 Å². The SMILES string of the molecule is Cc1cccc(-c2cncc(CN(C)C3CCN(C)CC3)c2)c1. The van der Waals surface area contributed by atoms with E-state index in [1.807, 2.05) is 12.4 Å². The van der Waals surface area contributed by atoms with Gasteiger partial charge in [0.2, 0.25) is 0 Å². The number of hydrogen-bond acceptors (Lipinski definition) is 3. The lowest BCUT2D eigenvalue weighted by atomic mass is 10.0. The highest BCUT2D eigenvalue weighted by Crippen LogP contribution is 2.22. The Morgan fingerprint density at radius 1 is 1.13 bits per heavy atom. The van der Waals surface area contributed by atoms with Gasteiger partial charge in [-0.05, 0) is 64.1 Å². The van der Waals surface area contributed by atoms with Crippen molar-refractivity contribution >= 4 is 0 Å². The van der Waals surface area contributed by atoms with Crippen LogP contribution >= 0.6 is 0 Å². The van der Waals surface area contributed by atoms with Gasteiger partial charge in [0.1, 0.15) is 0 Å². The smallest absolute Gasteiger partial charge is 0.0346 e. The van der Waals surface area contributed by atoms with Gasteiger partial charge in [0.15, 0.2) is 0 Å². The molecule has 3 nitrogen and oxygen atoms in total. The van der Waals surface area contributed by atoms with Crippen LogP contribution in [0, 0.1) is 6.92 Å². The van der Waals surface area contributed by atoms with Crippen LogP contribution in [0.5, 0.6) is 0 Å². The number of aryl methyl sites for hydroxylation is 1. The Hall–Kier alpha value is -1.71. The van der Waals surface area contributed by atoms with Crippen molar-refractivity contribution in [1.29, 1.82) is 0 Å². The number of piperidine rings is 1. The minimum Gasteiger partial charge on any atom is -0.306 e. The summed E-state index contributed by atoms with van der Waals surface area (Å²) < 4.78 is 0. The molecule has 0 saturated carbocycles. The van der Waals surface area contributed by atoms with Gasteiger partial charge in [0, 0.05) is 30.5 Å². The Labute approximate surface area is 140 Å². The monoisotopic (exact) mass is 309 g/mol.